The molecule has 1 unspecified atom stereocenters. The maximum atomic E-state index is 13.8. The highest BCUT2D eigenvalue weighted by Gasteiger charge is 2.30. The van der Waals surface area contributed by atoms with Gasteiger partial charge in [-0.05, 0) is 19.3 Å². The van der Waals surface area contributed by atoms with Gasteiger partial charge in [0.15, 0.2) is 0 Å². The number of carbonyl (C=O) groups excluding carboxylic acids is 4. The zero-order chi connectivity index (χ0) is 44.9. The number of nitrogens with one attached hydrogen (secondary N) is 2. The van der Waals surface area contributed by atoms with Crippen molar-refractivity contribution in [1.29, 1.82) is 0 Å². The summed E-state index contributed by atoms with van der Waals surface area (Å²) in [4.78, 5) is 48.7. The molecule has 0 spiro atoms. The molecule has 3 rings (SSSR count). The Hall–Kier alpha value is -5.02. The third-order valence-corrected chi connectivity index (χ3v) is 8.04. The van der Waals surface area contributed by atoms with E-state index in [1.807, 2.05) is 0 Å². The normalized spacial score (nSPS) is 13.9. The van der Waals surface area contributed by atoms with E-state index in [-0.39, 0.29) is 58.0 Å². The summed E-state index contributed by atoms with van der Waals surface area (Å²) >= 11 is 0. The summed E-state index contributed by atoms with van der Waals surface area (Å²) in [6.45, 7) is -1.86. The summed E-state index contributed by atoms with van der Waals surface area (Å²) < 4.78 is 171. The number of benzene rings is 2. The van der Waals surface area contributed by atoms with Gasteiger partial charge in [0.05, 0.1) is 71.7 Å². The lowest BCUT2D eigenvalue weighted by Gasteiger charge is -2.19. The number of esters is 2. The van der Waals surface area contributed by atoms with Gasteiger partial charge in [0.25, 0.3) is 0 Å². The largest absolute Gasteiger partial charge is 0.420 e. The maximum absolute atomic E-state index is 13.8. The summed E-state index contributed by atoms with van der Waals surface area (Å²) in [6, 6.07) is -1.08. The van der Waals surface area contributed by atoms with Gasteiger partial charge in [-0.2, -0.15) is 17.6 Å². The van der Waals surface area contributed by atoms with Gasteiger partial charge in [0.1, 0.15) is 12.7 Å². The fraction of sp³-hybridized carbons (Fsp3) is 0.526. The molecule has 338 valence electrons. The zero-order valence-corrected chi connectivity index (χ0v) is 32.2. The highest BCUT2D eigenvalue weighted by atomic mass is 19.2. The summed E-state index contributed by atoms with van der Waals surface area (Å²) in [6.07, 6.45) is 2.54. The van der Waals surface area contributed by atoms with Crippen molar-refractivity contribution in [3.05, 3.63) is 58.2 Å². The summed E-state index contributed by atoms with van der Waals surface area (Å²) in [5, 5.41) is 5.12. The van der Waals surface area contributed by atoms with Crippen molar-refractivity contribution in [2.24, 2.45) is 0 Å². The molecule has 0 aromatic heterocycles. The second-order valence-corrected chi connectivity index (χ2v) is 12.7. The SMILES string of the molecule is O=C(COC1C#CCCCCC1)NCCOCCOCCC(=O)NC(COCCC(=O)Oc1c(F)c(F)c(F)c(F)c1F)COCCC(=O)Oc1c(F)c(F)c(F)c(F)c1F. The molecule has 1 atom stereocenters. The average molecular weight is 891 g/mol. The molecule has 1 aliphatic carbocycles. The Kier molecular flexibility index (Phi) is 21.7. The van der Waals surface area contributed by atoms with Gasteiger partial charge in [-0.25, -0.2) is 26.3 Å². The van der Waals surface area contributed by atoms with Crippen LogP contribution in [0.2, 0.25) is 0 Å². The lowest BCUT2D eigenvalue weighted by atomic mass is 10.1. The van der Waals surface area contributed by atoms with Crippen molar-refractivity contribution < 1.29 is 96.2 Å². The number of carbonyl (C=O) groups is 4. The van der Waals surface area contributed by atoms with Crippen molar-refractivity contribution in [2.75, 3.05) is 66.0 Å². The Labute approximate surface area is 341 Å². The predicted octanol–water partition coefficient (Wildman–Crippen LogP) is 4.78. The average Bonchev–Trinajstić information content (AvgIpc) is 3.22. The van der Waals surface area contributed by atoms with E-state index in [4.69, 9.17) is 23.7 Å². The molecule has 0 radical (unpaired) electrons. The van der Waals surface area contributed by atoms with Gasteiger partial charge in [0, 0.05) is 19.4 Å². The number of hydrogen-bond donors (Lipinski definition) is 2. The van der Waals surface area contributed by atoms with E-state index in [0.29, 0.717) is 0 Å². The lowest BCUT2D eigenvalue weighted by molar-refractivity contribution is -0.136. The first-order chi connectivity index (χ1) is 29.1. The molecule has 2 amide bonds. The predicted molar refractivity (Wildman–Crippen MR) is 186 cm³/mol. The molecular weight excluding hydrogens is 850 g/mol. The Morgan fingerprint density at radius 1 is 0.557 bits per heavy atom. The molecular formula is C38H40F10N2O11. The summed E-state index contributed by atoms with van der Waals surface area (Å²) in [5.41, 5.74) is 0. The minimum absolute atomic E-state index is 0.0581. The lowest BCUT2D eigenvalue weighted by Crippen LogP contribution is -2.42. The Morgan fingerprint density at radius 3 is 1.56 bits per heavy atom. The first-order valence-corrected chi connectivity index (χ1v) is 18.5. The van der Waals surface area contributed by atoms with Crippen LogP contribution in [0.1, 0.15) is 51.4 Å². The maximum Gasteiger partial charge on any atom is 0.313 e. The van der Waals surface area contributed by atoms with E-state index in [2.05, 4.69) is 31.9 Å². The van der Waals surface area contributed by atoms with Crippen molar-refractivity contribution in [3.63, 3.8) is 0 Å². The van der Waals surface area contributed by atoms with Gasteiger partial charge in [-0.1, -0.05) is 12.3 Å². The van der Waals surface area contributed by atoms with E-state index >= 15 is 0 Å². The van der Waals surface area contributed by atoms with Gasteiger partial charge >= 0.3 is 11.9 Å². The second kappa shape index (κ2) is 26.3. The molecule has 0 aliphatic heterocycles. The van der Waals surface area contributed by atoms with E-state index in [0.717, 1.165) is 32.1 Å². The smallest absolute Gasteiger partial charge is 0.313 e. The standard InChI is InChI=1S/C38H40F10N2O11/c39-27-29(41)33(45)37(34(46)30(27)42)60-25(53)9-13-57-18-21(19-58-14-10-26(54)61-38-35(47)31(43)28(40)32(44)36(38)48)50-23(51)8-12-55-16-17-56-15-11-49-24(52)20-59-22-6-4-2-1-3-5-7-22/h21-22H,1-4,6,8-20H2,(H,49,52)(H,50,51). The molecule has 1 aliphatic rings. The highest BCUT2D eigenvalue weighted by Crippen LogP contribution is 2.30. The topological polar surface area (TPSA) is 157 Å². The van der Waals surface area contributed by atoms with Gasteiger partial charge in [0.2, 0.25) is 81.5 Å². The molecule has 2 aromatic rings. The number of halogens is 10. The fourth-order valence-electron chi connectivity index (χ4n) is 4.95. The van der Waals surface area contributed by atoms with Crippen LogP contribution in [0.25, 0.3) is 0 Å². The molecule has 13 nitrogen and oxygen atoms in total. The monoisotopic (exact) mass is 890 g/mol. The third-order valence-electron chi connectivity index (χ3n) is 8.04. The molecule has 0 bridgehead atoms. The molecule has 2 N–H and O–H groups in total. The molecule has 0 saturated heterocycles. The van der Waals surface area contributed by atoms with Crippen molar-refractivity contribution in [1.82, 2.24) is 10.6 Å². The van der Waals surface area contributed by atoms with E-state index in [9.17, 15) is 63.1 Å². The van der Waals surface area contributed by atoms with Crippen LogP contribution in [-0.4, -0.2) is 102 Å². The first kappa shape index (κ1) is 50.3. The number of rotatable bonds is 25. The van der Waals surface area contributed by atoms with E-state index in [1.54, 1.807) is 0 Å². The van der Waals surface area contributed by atoms with Crippen LogP contribution < -0.4 is 20.1 Å². The number of hydrogen-bond acceptors (Lipinski definition) is 11. The molecule has 23 heteroatoms. The van der Waals surface area contributed by atoms with Crippen LogP contribution in [0.3, 0.4) is 0 Å². The quantitative estimate of drug-likeness (QED) is 0.0269. The Morgan fingerprint density at radius 2 is 1.03 bits per heavy atom. The molecule has 0 fully saturated rings. The van der Waals surface area contributed by atoms with Gasteiger partial charge < -0.3 is 43.8 Å². The van der Waals surface area contributed by atoms with Crippen LogP contribution in [0.5, 0.6) is 11.5 Å². The number of amides is 2. The zero-order valence-electron chi connectivity index (χ0n) is 32.2. The molecule has 61 heavy (non-hydrogen) atoms. The minimum Gasteiger partial charge on any atom is -0.420 e. The van der Waals surface area contributed by atoms with Crippen LogP contribution in [0, 0.1) is 70.0 Å². The Balaban J connectivity index is 1.40. The first-order valence-electron chi connectivity index (χ1n) is 18.5. The minimum atomic E-state index is -2.47. The van der Waals surface area contributed by atoms with Crippen molar-refractivity contribution in [3.8, 4) is 23.3 Å². The third kappa shape index (κ3) is 16.8. The summed E-state index contributed by atoms with van der Waals surface area (Å²) in [5.74, 6) is -25.5. The summed E-state index contributed by atoms with van der Waals surface area (Å²) in [7, 11) is 0. The molecule has 0 heterocycles. The number of ether oxygens (including phenoxy) is 7. The van der Waals surface area contributed by atoms with Crippen LogP contribution >= 0.6 is 0 Å². The van der Waals surface area contributed by atoms with E-state index in [1.165, 1.54) is 0 Å². The molecule has 0 saturated carbocycles. The van der Waals surface area contributed by atoms with E-state index < -0.39 is 133 Å². The molecule has 2 aromatic carbocycles. The van der Waals surface area contributed by atoms with Crippen LogP contribution in [0.15, 0.2) is 0 Å². The van der Waals surface area contributed by atoms with Crippen molar-refractivity contribution in [2.45, 2.75) is 63.5 Å². The highest BCUT2D eigenvalue weighted by molar-refractivity contribution is 5.77. The fourth-order valence-corrected chi connectivity index (χ4v) is 4.95. The second-order valence-electron chi connectivity index (χ2n) is 12.7. The van der Waals surface area contributed by atoms with Crippen molar-refractivity contribution >= 4 is 23.8 Å². The van der Waals surface area contributed by atoms with Gasteiger partial charge in [-0.3, -0.25) is 19.2 Å². The Bertz CT molecular complexity index is 1750. The van der Waals surface area contributed by atoms with Crippen LogP contribution in [0.4, 0.5) is 43.9 Å². The van der Waals surface area contributed by atoms with Crippen LogP contribution in [-0.2, 0) is 42.9 Å². The van der Waals surface area contributed by atoms with Gasteiger partial charge in [-0.15, -0.1) is 5.92 Å².